The Kier molecular flexibility index (Phi) is 5.61. The van der Waals surface area contributed by atoms with Gasteiger partial charge in [-0.25, -0.2) is 8.42 Å². The van der Waals surface area contributed by atoms with Gasteiger partial charge in [-0.15, -0.1) is 0 Å². The zero-order chi connectivity index (χ0) is 19.5. The van der Waals surface area contributed by atoms with Crippen LogP contribution in [0.15, 0.2) is 42.5 Å². The molecule has 138 valence electrons. The lowest BCUT2D eigenvalue weighted by Crippen LogP contribution is -2.37. The van der Waals surface area contributed by atoms with E-state index in [1.807, 2.05) is 6.92 Å². The summed E-state index contributed by atoms with van der Waals surface area (Å²) in [5.74, 6) is -0.598. The summed E-state index contributed by atoms with van der Waals surface area (Å²) in [6.07, 6.45) is 1.01. The maximum Gasteiger partial charge on any atom is 0.271 e. The molecule has 0 spiro atoms. The molecular formula is C17H19N3O5S. The van der Waals surface area contributed by atoms with Gasteiger partial charge in [0.25, 0.3) is 5.69 Å². The van der Waals surface area contributed by atoms with Gasteiger partial charge in [0, 0.05) is 12.1 Å². The van der Waals surface area contributed by atoms with Crippen LogP contribution in [0, 0.1) is 24.0 Å². The molecule has 9 heteroatoms. The first-order valence-corrected chi connectivity index (χ1v) is 9.52. The molecule has 0 aromatic heterocycles. The van der Waals surface area contributed by atoms with Gasteiger partial charge in [0.15, 0.2) is 0 Å². The van der Waals surface area contributed by atoms with Gasteiger partial charge < -0.3 is 5.32 Å². The molecule has 0 atom stereocenters. The van der Waals surface area contributed by atoms with Crippen molar-refractivity contribution in [2.45, 2.75) is 13.8 Å². The third-order valence-electron chi connectivity index (χ3n) is 3.72. The van der Waals surface area contributed by atoms with E-state index in [1.54, 1.807) is 31.2 Å². The van der Waals surface area contributed by atoms with Crippen LogP contribution < -0.4 is 9.62 Å². The van der Waals surface area contributed by atoms with E-state index in [1.165, 1.54) is 18.2 Å². The molecule has 1 N–H and O–H groups in total. The van der Waals surface area contributed by atoms with E-state index in [0.29, 0.717) is 11.3 Å². The van der Waals surface area contributed by atoms with Crippen LogP contribution >= 0.6 is 0 Å². The number of sulfonamides is 1. The van der Waals surface area contributed by atoms with Crippen molar-refractivity contribution >= 4 is 33.0 Å². The van der Waals surface area contributed by atoms with E-state index >= 15 is 0 Å². The number of nitro benzene ring substituents is 1. The largest absolute Gasteiger partial charge is 0.324 e. The molecule has 1 amide bonds. The van der Waals surface area contributed by atoms with E-state index < -0.39 is 27.4 Å². The number of benzene rings is 2. The Morgan fingerprint density at radius 1 is 1.15 bits per heavy atom. The predicted octanol–water partition coefficient (Wildman–Crippen LogP) is 2.62. The molecule has 0 bridgehead atoms. The average molecular weight is 377 g/mol. The molecule has 0 aliphatic carbocycles. The number of non-ortho nitro benzene ring substituents is 1. The van der Waals surface area contributed by atoms with Gasteiger partial charge in [-0.05, 0) is 31.5 Å². The Morgan fingerprint density at radius 2 is 1.77 bits per heavy atom. The van der Waals surface area contributed by atoms with E-state index in [4.69, 9.17) is 0 Å². The van der Waals surface area contributed by atoms with Crippen molar-refractivity contribution in [3.63, 3.8) is 0 Å². The fourth-order valence-electron chi connectivity index (χ4n) is 2.29. The highest BCUT2D eigenvalue weighted by Gasteiger charge is 2.21. The van der Waals surface area contributed by atoms with Gasteiger partial charge in [0.2, 0.25) is 15.9 Å². The van der Waals surface area contributed by atoms with Gasteiger partial charge in [0.1, 0.15) is 6.54 Å². The second-order valence-electron chi connectivity index (χ2n) is 5.91. The number of rotatable bonds is 6. The molecule has 2 aromatic carbocycles. The molecular weight excluding hydrogens is 358 g/mol. The minimum Gasteiger partial charge on any atom is -0.324 e. The number of nitro groups is 1. The quantitative estimate of drug-likeness (QED) is 0.615. The summed E-state index contributed by atoms with van der Waals surface area (Å²) < 4.78 is 25.1. The van der Waals surface area contributed by atoms with Gasteiger partial charge in [0.05, 0.1) is 22.6 Å². The second kappa shape index (κ2) is 7.52. The molecule has 0 fully saturated rings. The molecule has 0 saturated carbocycles. The summed E-state index contributed by atoms with van der Waals surface area (Å²) in [4.78, 5) is 22.7. The lowest BCUT2D eigenvalue weighted by atomic mass is 10.2. The first-order chi connectivity index (χ1) is 12.1. The lowest BCUT2D eigenvalue weighted by Gasteiger charge is -2.22. The van der Waals surface area contributed by atoms with Gasteiger partial charge in [-0.3, -0.25) is 19.2 Å². The fourth-order valence-corrected chi connectivity index (χ4v) is 3.15. The van der Waals surface area contributed by atoms with Crippen molar-refractivity contribution in [2.75, 3.05) is 22.4 Å². The van der Waals surface area contributed by atoms with Crippen LogP contribution in [0.4, 0.5) is 17.1 Å². The molecule has 8 nitrogen and oxygen atoms in total. The Labute approximate surface area is 151 Å². The topological polar surface area (TPSA) is 110 Å². The molecule has 2 rings (SSSR count). The Morgan fingerprint density at radius 3 is 2.31 bits per heavy atom. The van der Waals surface area contributed by atoms with Crippen LogP contribution in [-0.4, -0.2) is 32.0 Å². The highest BCUT2D eigenvalue weighted by atomic mass is 32.2. The third-order valence-corrected chi connectivity index (χ3v) is 4.86. The van der Waals surface area contributed by atoms with Crippen molar-refractivity contribution in [3.8, 4) is 0 Å². The molecule has 2 aromatic rings. The smallest absolute Gasteiger partial charge is 0.271 e. The number of carbonyl (C=O) groups excluding carboxylic acids is 1. The summed E-state index contributed by atoms with van der Waals surface area (Å²) in [5, 5.41) is 13.4. The molecule has 0 heterocycles. The molecule has 26 heavy (non-hydrogen) atoms. The van der Waals surface area contributed by atoms with E-state index in [9.17, 15) is 23.3 Å². The predicted molar refractivity (Wildman–Crippen MR) is 99.8 cm³/mol. The van der Waals surface area contributed by atoms with Crippen molar-refractivity contribution in [2.24, 2.45) is 0 Å². The Hall–Kier alpha value is -2.94. The Bertz CT molecular complexity index is 939. The maximum absolute atomic E-state index is 12.4. The number of nitrogens with zero attached hydrogens (tertiary/aromatic N) is 2. The monoisotopic (exact) mass is 377 g/mol. The molecule has 0 unspecified atom stereocenters. The highest BCUT2D eigenvalue weighted by Crippen LogP contribution is 2.23. The highest BCUT2D eigenvalue weighted by molar-refractivity contribution is 7.92. The summed E-state index contributed by atoms with van der Waals surface area (Å²) >= 11 is 0. The summed E-state index contributed by atoms with van der Waals surface area (Å²) in [6, 6.07) is 10.8. The molecule has 0 radical (unpaired) electrons. The van der Waals surface area contributed by atoms with Gasteiger partial charge in [-0.1, -0.05) is 23.8 Å². The second-order valence-corrected chi connectivity index (χ2v) is 7.82. The zero-order valence-electron chi connectivity index (χ0n) is 14.6. The number of amides is 1. The SMILES string of the molecule is Cc1ccc(N(CC(=O)Nc2cc([N+](=O)[O-])ccc2C)S(C)(=O)=O)cc1. The van der Waals surface area contributed by atoms with Crippen LogP contribution in [-0.2, 0) is 14.8 Å². The standard InChI is InChI=1S/C17H19N3O5S/c1-12-4-7-14(8-5-12)19(26(3,24)25)11-17(21)18-16-10-15(20(22)23)9-6-13(16)2/h4-10H,11H2,1-3H3,(H,18,21). The average Bonchev–Trinajstić information content (AvgIpc) is 2.54. The lowest BCUT2D eigenvalue weighted by molar-refractivity contribution is -0.384. The van der Waals surface area contributed by atoms with Gasteiger partial charge >= 0.3 is 0 Å². The third kappa shape index (κ3) is 4.79. The number of carbonyl (C=O) groups is 1. The number of anilines is 2. The minimum absolute atomic E-state index is 0.163. The number of hydrogen-bond acceptors (Lipinski definition) is 5. The van der Waals surface area contributed by atoms with Crippen molar-refractivity contribution < 1.29 is 18.1 Å². The van der Waals surface area contributed by atoms with E-state index in [-0.39, 0.29) is 11.4 Å². The summed E-state index contributed by atoms with van der Waals surface area (Å²) in [5.41, 5.74) is 2.05. The van der Waals surface area contributed by atoms with Gasteiger partial charge in [-0.2, -0.15) is 0 Å². The zero-order valence-corrected chi connectivity index (χ0v) is 15.4. The summed E-state index contributed by atoms with van der Waals surface area (Å²) in [6.45, 7) is 3.12. The van der Waals surface area contributed by atoms with E-state index in [0.717, 1.165) is 16.1 Å². The molecule has 0 aliphatic rings. The number of nitrogens with one attached hydrogen (secondary N) is 1. The molecule has 0 saturated heterocycles. The minimum atomic E-state index is -3.69. The first kappa shape index (κ1) is 19.4. The molecule has 0 aliphatic heterocycles. The number of aryl methyl sites for hydroxylation is 2. The summed E-state index contributed by atoms with van der Waals surface area (Å²) in [7, 11) is -3.69. The van der Waals surface area contributed by atoms with Crippen LogP contribution in [0.25, 0.3) is 0 Å². The Balaban J connectivity index is 2.24. The maximum atomic E-state index is 12.4. The first-order valence-electron chi connectivity index (χ1n) is 7.67. The van der Waals surface area contributed by atoms with Crippen LogP contribution in [0.5, 0.6) is 0 Å². The van der Waals surface area contributed by atoms with E-state index in [2.05, 4.69) is 5.32 Å². The number of hydrogen-bond donors (Lipinski definition) is 1. The van der Waals surface area contributed by atoms with Crippen LogP contribution in [0.1, 0.15) is 11.1 Å². The van der Waals surface area contributed by atoms with Crippen LogP contribution in [0.3, 0.4) is 0 Å². The fraction of sp³-hybridized carbons (Fsp3) is 0.235. The van der Waals surface area contributed by atoms with Crippen LogP contribution in [0.2, 0.25) is 0 Å². The normalized spacial score (nSPS) is 11.0. The van der Waals surface area contributed by atoms with Crippen molar-refractivity contribution in [1.29, 1.82) is 0 Å². The van der Waals surface area contributed by atoms with Crippen molar-refractivity contribution in [1.82, 2.24) is 0 Å². The van der Waals surface area contributed by atoms with Crippen molar-refractivity contribution in [3.05, 3.63) is 63.7 Å².